The molecule has 0 fully saturated rings. The molecule has 0 aliphatic heterocycles. The van der Waals surface area contributed by atoms with E-state index in [9.17, 15) is 4.79 Å². The molecule has 0 aliphatic rings. The molecule has 0 saturated carbocycles. The number of aromatic amines is 1. The molecule has 15 heavy (non-hydrogen) atoms. The van der Waals surface area contributed by atoms with Crippen LogP contribution in [0.25, 0.3) is 16.4 Å². The van der Waals surface area contributed by atoms with Crippen LogP contribution in [0.2, 0.25) is 0 Å². The quantitative estimate of drug-likeness (QED) is 0.526. The number of nitrogen functional groups attached to an aromatic ring is 1. The number of rotatable bonds is 0. The van der Waals surface area contributed by atoms with Gasteiger partial charge >= 0.3 is 0 Å². The number of nitrogens with two attached hydrogens (primary N) is 1. The number of benzene rings is 1. The molecule has 5 heteroatoms. The summed E-state index contributed by atoms with van der Waals surface area (Å²) in [5.74, 6) is 0. The van der Waals surface area contributed by atoms with Gasteiger partial charge < -0.3 is 10.7 Å². The second-order valence-electron chi connectivity index (χ2n) is 3.38. The van der Waals surface area contributed by atoms with Crippen LogP contribution < -0.4 is 11.3 Å². The SMILES string of the molecule is Nc1ccc2c(c1)cc1c(=O)[nH]cnn12. The lowest BCUT2D eigenvalue weighted by Crippen LogP contribution is -2.09. The molecule has 2 aromatic heterocycles. The summed E-state index contributed by atoms with van der Waals surface area (Å²) >= 11 is 0. The van der Waals surface area contributed by atoms with Crippen molar-refractivity contribution in [3.8, 4) is 0 Å². The van der Waals surface area contributed by atoms with E-state index in [1.165, 1.54) is 6.33 Å². The van der Waals surface area contributed by atoms with Gasteiger partial charge in [0.15, 0.2) is 0 Å². The van der Waals surface area contributed by atoms with Crippen molar-refractivity contribution in [1.82, 2.24) is 14.6 Å². The van der Waals surface area contributed by atoms with E-state index in [0.717, 1.165) is 10.9 Å². The maximum Gasteiger partial charge on any atom is 0.275 e. The van der Waals surface area contributed by atoms with E-state index in [1.807, 2.05) is 12.1 Å². The normalized spacial score (nSPS) is 11.2. The Kier molecular flexibility index (Phi) is 1.39. The number of nitrogens with one attached hydrogen (secondary N) is 1. The third-order valence-corrected chi connectivity index (χ3v) is 2.40. The van der Waals surface area contributed by atoms with E-state index in [-0.39, 0.29) is 5.56 Å². The van der Waals surface area contributed by atoms with Gasteiger partial charge in [-0.2, -0.15) is 5.10 Å². The van der Waals surface area contributed by atoms with Gasteiger partial charge in [0.25, 0.3) is 5.56 Å². The molecular formula is C10H8N4O. The smallest absolute Gasteiger partial charge is 0.275 e. The predicted octanol–water partition coefficient (Wildman–Crippen LogP) is 0.758. The van der Waals surface area contributed by atoms with Crippen molar-refractivity contribution < 1.29 is 0 Å². The Morgan fingerprint density at radius 3 is 3.00 bits per heavy atom. The van der Waals surface area contributed by atoms with Gasteiger partial charge in [0.05, 0.1) is 5.52 Å². The molecule has 1 aromatic carbocycles. The van der Waals surface area contributed by atoms with E-state index in [0.29, 0.717) is 11.2 Å². The molecule has 0 bridgehead atoms. The number of H-pyrrole nitrogens is 1. The number of anilines is 1. The maximum atomic E-state index is 11.5. The average molecular weight is 200 g/mol. The lowest BCUT2D eigenvalue weighted by Gasteiger charge is -1.94. The van der Waals surface area contributed by atoms with Crippen LogP contribution in [0.3, 0.4) is 0 Å². The highest BCUT2D eigenvalue weighted by Gasteiger charge is 2.05. The molecule has 3 aromatic rings. The lowest BCUT2D eigenvalue weighted by molar-refractivity contribution is 0.914. The van der Waals surface area contributed by atoms with Crippen LogP contribution in [-0.2, 0) is 0 Å². The highest BCUT2D eigenvalue weighted by molar-refractivity contribution is 5.88. The highest BCUT2D eigenvalue weighted by Crippen LogP contribution is 2.19. The van der Waals surface area contributed by atoms with Gasteiger partial charge in [-0.15, -0.1) is 0 Å². The molecule has 74 valence electrons. The summed E-state index contributed by atoms with van der Waals surface area (Å²) in [6, 6.07) is 7.24. The van der Waals surface area contributed by atoms with Crippen molar-refractivity contribution >= 4 is 22.1 Å². The largest absolute Gasteiger partial charge is 0.399 e. The van der Waals surface area contributed by atoms with E-state index in [1.54, 1.807) is 16.6 Å². The first-order chi connectivity index (χ1) is 7.25. The van der Waals surface area contributed by atoms with Crippen LogP contribution in [0.1, 0.15) is 0 Å². The number of aromatic nitrogens is 3. The summed E-state index contributed by atoms with van der Waals surface area (Å²) in [5.41, 5.74) is 7.60. The zero-order valence-corrected chi connectivity index (χ0v) is 7.77. The second-order valence-corrected chi connectivity index (χ2v) is 3.38. The monoisotopic (exact) mass is 200 g/mol. The first kappa shape index (κ1) is 8.05. The molecule has 0 aliphatic carbocycles. The molecule has 0 radical (unpaired) electrons. The molecule has 0 spiro atoms. The molecule has 0 amide bonds. The molecule has 0 saturated heterocycles. The predicted molar refractivity (Wildman–Crippen MR) is 57.7 cm³/mol. The van der Waals surface area contributed by atoms with E-state index < -0.39 is 0 Å². The standard InChI is InChI=1S/C10H8N4O/c11-7-1-2-8-6(3-7)4-9-10(15)12-5-13-14(8)9/h1-5H,11H2,(H,12,13,15). The van der Waals surface area contributed by atoms with Crippen LogP contribution in [0.4, 0.5) is 5.69 Å². The van der Waals surface area contributed by atoms with Crippen molar-refractivity contribution in [2.24, 2.45) is 0 Å². The van der Waals surface area contributed by atoms with Crippen LogP contribution in [0.5, 0.6) is 0 Å². The Morgan fingerprint density at radius 1 is 1.27 bits per heavy atom. The topological polar surface area (TPSA) is 76.2 Å². The van der Waals surface area contributed by atoms with Crippen molar-refractivity contribution in [2.75, 3.05) is 5.73 Å². The minimum atomic E-state index is -0.153. The summed E-state index contributed by atoms with van der Waals surface area (Å²) in [6.45, 7) is 0. The van der Waals surface area contributed by atoms with E-state index in [4.69, 9.17) is 5.73 Å². The Labute approximate surface area is 84.1 Å². The van der Waals surface area contributed by atoms with Gasteiger partial charge in [0, 0.05) is 11.1 Å². The van der Waals surface area contributed by atoms with Gasteiger partial charge in [-0.05, 0) is 24.3 Å². The van der Waals surface area contributed by atoms with E-state index >= 15 is 0 Å². The molecule has 2 heterocycles. The number of nitrogens with zero attached hydrogens (tertiary/aromatic N) is 2. The Balaban J connectivity index is 2.63. The molecule has 3 N–H and O–H groups in total. The Bertz CT molecular complexity index is 710. The van der Waals surface area contributed by atoms with Gasteiger partial charge in [-0.3, -0.25) is 4.79 Å². The molecule has 0 atom stereocenters. The zero-order valence-electron chi connectivity index (χ0n) is 7.77. The third kappa shape index (κ3) is 1.03. The van der Waals surface area contributed by atoms with Crippen molar-refractivity contribution in [1.29, 1.82) is 0 Å². The minimum absolute atomic E-state index is 0.153. The summed E-state index contributed by atoms with van der Waals surface area (Å²) in [4.78, 5) is 14.0. The van der Waals surface area contributed by atoms with Gasteiger partial charge in [0.2, 0.25) is 0 Å². The Hall–Kier alpha value is -2.30. The summed E-state index contributed by atoms with van der Waals surface area (Å²) in [7, 11) is 0. The minimum Gasteiger partial charge on any atom is -0.399 e. The third-order valence-electron chi connectivity index (χ3n) is 2.40. The van der Waals surface area contributed by atoms with Crippen molar-refractivity contribution in [3.63, 3.8) is 0 Å². The van der Waals surface area contributed by atoms with Crippen molar-refractivity contribution in [3.05, 3.63) is 40.9 Å². The van der Waals surface area contributed by atoms with E-state index in [2.05, 4.69) is 10.1 Å². The average Bonchev–Trinajstić information content (AvgIpc) is 2.57. The first-order valence-electron chi connectivity index (χ1n) is 4.50. The molecule has 5 nitrogen and oxygen atoms in total. The fourth-order valence-electron chi connectivity index (χ4n) is 1.73. The fraction of sp³-hybridized carbons (Fsp3) is 0. The first-order valence-corrected chi connectivity index (χ1v) is 4.50. The number of hydrogen-bond donors (Lipinski definition) is 2. The Morgan fingerprint density at radius 2 is 2.13 bits per heavy atom. The van der Waals surface area contributed by atoms with Crippen LogP contribution in [-0.4, -0.2) is 14.6 Å². The lowest BCUT2D eigenvalue weighted by atomic mass is 10.2. The van der Waals surface area contributed by atoms with Crippen LogP contribution in [0, 0.1) is 0 Å². The molecular weight excluding hydrogens is 192 g/mol. The van der Waals surface area contributed by atoms with Gasteiger partial charge in [0.1, 0.15) is 11.8 Å². The van der Waals surface area contributed by atoms with Crippen molar-refractivity contribution in [2.45, 2.75) is 0 Å². The maximum absolute atomic E-state index is 11.5. The molecule has 0 unspecified atom stereocenters. The summed E-state index contributed by atoms with van der Waals surface area (Å²) < 4.78 is 1.60. The zero-order chi connectivity index (χ0) is 10.4. The number of fused-ring (bicyclic) bond motifs is 3. The molecule has 3 rings (SSSR count). The highest BCUT2D eigenvalue weighted by atomic mass is 16.1. The van der Waals surface area contributed by atoms with Crippen LogP contribution in [0.15, 0.2) is 35.4 Å². The fourth-order valence-corrected chi connectivity index (χ4v) is 1.73. The van der Waals surface area contributed by atoms with Gasteiger partial charge in [-0.25, -0.2) is 4.52 Å². The summed E-state index contributed by atoms with van der Waals surface area (Å²) in [6.07, 6.45) is 1.38. The van der Waals surface area contributed by atoms with Gasteiger partial charge in [-0.1, -0.05) is 0 Å². The van der Waals surface area contributed by atoms with Crippen LogP contribution >= 0.6 is 0 Å². The second kappa shape index (κ2) is 2.60. The summed E-state index contributed by atoms with van der Waals surface area (Å²) in [5, 5.41) is 5.00. The number of hydrogen-bond acceptors (Lipinski definition) is 3.